The van der Waals surface area contributed by atoms with Crippen LogP contribution >= 0.6 is 0 Å². The van der Waals surface area contributed by atoms with E-state index in [0.717, 1.165) is 22.4 Å². The van der Waals surface area contributed by atoms with Crippen molar-refractivity contribution in [2.45, 2.75) is 13.8 Å². The normalized spacial score (nSPS) is 11.1. The van der Waals surface area contributed by atoms with Crippen molar-refractivity contribution < 1.29 is 8.94 Å². The predicted molar refractivity (Wildman–Crippen MR) is 61.2 cm³/mol. The number of nitrogens with zero attached hydrogens (tertiary/aromatic N) is 1. The third-order valence-corrected chi connectivity index (χ3v) is 2.84. The van der Waals surface area contributed by atoms with Crippen LogP contribution in [0, 0.1) is 13.8 Å². The topological polar surface area (TPSA) is 39.2 Å². The fraction of sp³-hybridized carbons (Fsp3) is 0.154. The molecule has 3 aromatic rings. The van der Waals surface area contributed by atoms with Crippen LogP contribution in [0.1, 0.15) is 11.1 Å². The molecule has 80 valence electrons. The van der Waals surface area contributed by atoms with E-state index in [1.165, 1.54) is 11.1 Å². The van der Waals surface area contributed by atoms with E-state index in [1.54, 1.807) is 6.26 Å². The molecule has 0 aliphatic carbocycles. The summed E-state index contributed by atoms with van der Waals surface area (Å²) < 4.78 is 10.6. The Morgan fingerprint density at radius 2 is 1.94 bits per heavy atom. The lowest BCUT2D eigenvalue weighted by Crippen LogP contribution is -1.80. The molecular weight excluding hydrogens is 202 g/mol. The molecule has 0 unspecified atom stereocenters. The molecule has 3 heteroatoms. The molecule has 3 rings (SSSR count). The molecule has 0 N–H and O–H groups in total. The van der Waals surface area contributed by atoms with Gasteiger partial charge in [0.05, 0.1) is 11.6 Å². The van der Waals surface area contributed by atoms with Gasteiger partial charge in [0.1, 0.15) is 0 Å². The SMILES string of the molecule is Cc1cc2onc(-c3ccco3)c2cc1C. The quantitative estimate of drug-likeness (QED) is 0.618. The minimum atomic E-state index is 0.738. The molecular formula is C13H11NO2. The number of hydrogen-bond acceptors (Lipinski definition) is 3. The number of furan rings is 1. The standard InChI is InChI=1S/C13H11NO2/c1-8-6-10-12(7-9(8)2)16-14-13(10)11-4-3-5-15-11/h3-7H,1-2H3. The summed E-state index contributed by atoms with van der Waals surface area (Å²) in [6, 6.07) is 7.81. The van der Waals surface area contributed by atoms with Crippen LogP contribution in [-0.2, 0) is 0 Å². The second kappa shape index (κ2) is 3.23. The van der Waals surface area contributed by atoms with E-state index in [1.807, 2.05) is 18.2 Å². The first-order valence-corrected chi connectivity index (χ1v) is 5.16. The van der Waals surface area contributed by atoms with Crippen molar-refractivity contribution >= 4 is 11.0 Å². The van der Waals surface area contributed by atoms with E-state index in [9.17, 15) is 0 Å². The summed E-state index contributed by atoms with van der Waals surface area (Å²) in [5, 5.41) is 5.05. The lowest BCUT2D eigenvalue weighted by Gasteiger charge is -1.98. The second-order valence-corrected chi connectivity index (χ2v) is 3.94. The molecule has 2 aromatic heterocycles. The average Bonchev–Trinajstić information content (AvgIpc) is 2.87. The minimum Gasteiger partial charge on any atom is -0.463 e. The largest absolute Gasteiger partial charge is 0.463 e. The Bertz CT molecular complexity index is 635. The summed E-state index contributed by atoms with van der Waals surface area (Å²) in [6.45, 7) is 4.14. The molecule has 0 bridgehead atoms. The summed E-state index contributed by atoms with van der Waals surface area (Å²) in [6.07, 6.45) is 1.64. The van der Waals surface area contributed by atoms with Gasteiger partial charge in [-0.2, -0.15) is 0 Å². The number of aryl methyl sites for hydroxylation is 2. The molecule has 0 aliphatic rings. The third kappa shape index (κ3) is 1.25. The van der Waals surface area contributed by atoms with E-state index in [-0.39, 0.29) is 0 Å². The van der Waals surface area contributed by atoms with E-state index < -0.39 is 0 Å². The van der Waals surface area contributed by atoms with Crippen molar-refractivity contribution in [1.82, 2.24) is 5.16 Å². The molecule has 0 spiro atoms. The van der Waals surface area contributed by atoms with Gasteiger partial charge in [-0.3, -0.25) is 0 Å². The molecule has 0 atom stereocenters. The molecule has 2 heterocycles. The Labute approximate surface area is 92.7 Å². The second-order valence-electron chi connectivity index (χ2n) is 3.94. The first-order chi connectivity index (χ1) is 7.75. The van der Waals surface area contributed by atoms with Crippen molar-refractivity contribution in [3.63, 3.8) is 0 Å². The monoisotopic (exact) mass is 213 g/mol. The maximum atomic E-state index is 5.33. The van der Waals surface area contributed by atoms with Gasteiger partial charge in [-0.1, -0.05) is 5.16 Å². The molecule has 0 aliphatic heterocycles. The van der Waals surface area contributed by atoms with Crippen LogP contribution in [0.3, 0.4) is 0 Å². The number of fused-ring (bicyclic) bond motifs is 1. The number of hydrogen-bond donors (Lipinski definition) is 0. The summed E-state index contributed by atoms with van der Waals surface area (Å²) in [5.41, 5.74) is 4.00. The van der Waals surface area contributed by atoms with Gasteiger partial charge < -0.3 is 8.94 Å². The highest BCUT2D eigenvalue weighted by Gasteiger charge is 2.13. The molecule has 0 saturated heterocycles. The zero-order valence-electron chi connectivity index (χ0n) is 9.15. The summed E-state index contributed by atoms with van der Waals surface area (Å²) in [7, 11) is 0. The van der Waals surface area contributed by atoms with Crippen LogP contribution in [0.25, 0.3) is 22.4 Å². The van der Waals surface area contributed by atoms with Crippen LogP contribution < -0.4 is 0 Å². The summed E-state index contributed by atoms with van der Waals surface area (Å²) >= 11 is 0. The highest BCUT2D eigenvalue weighted by atomic mass is 16.5. The predicted octanol–water partition coefficient (Wildman–Crippen LogP) is 3.70. The van der Waals surface area contributed by atoms with Crippen LogP contribution in [0.2, 0.25) is 0 Å². The van der Waals surface area contributed by atoms with Gasteiger partial charge in [0.2, 0.25) is 0 Å². The summed E-state index contributed by atoms with van der Waals surface area (Å²) in [4.78, 5) is 0. The Morgan fingerprint density at radius 3 is 2.69 bits per heavy atom. The molecule has 0 radical (unpaired) electrons. The third-order valence-electron chi connectivity index (χ3n) is 2.84. The van der Waals surface area contributed by atoms with Crippen molar-refractivity contribution in [3.05, 3.63) is 41.7 Å². The Kier molecular flexibility index (Phi) is 1.86. The van der Waals surface area contributed by atoms with E-state index in [2.05, 4.69) is 25.1 Å². The molecule has 0 saturated carbocycles. The molecule has 16 heavy (non-hydrogen) atoms. The van der Waals surface area contributed by atoms with Gasteiger partial charge in [-0.05, 0) is 49.2 Å². The first kappa shape index (κ1) is 9.21. The molecule has 0 amide bonds. The van der Waals surface area contributed by atoms with Crippen LogP contribution in [-0.4, -0.2) is 5.16 Å². The molecule has 1 aromatic carbocycles. The lowest BCUT2D eigenvalue weighted by atomic mass is 10.1. The van der Waals surface area contributed by atoms with Crippen molar-refractivity contribution in [2.24, 2.45) is 0 Å². The van der Waals surface area contributed by atoms with E-state index in [0.29, 0.717) is 0 Å². The van der Waals surface area contributed by atoms with Crippen LogP contribution in [0.4, 0.5) is 0 Å². The Hall–Kier alpha value is -2.03. The maximum absolute atomic E-state index is 5.33. The number of rotatable bonds is 1. The van der Waals surface area contributed by atoms with Gasteiger partial charge >= 0.3 is 0 Å². The smallest absolute Gasteiger partial charge is 0.167 e. The van der Waals surface area contributed by atoms with Crippen molar-refractivity contribution in [2.75, 3.05) is 0 Å². The van der Waals surface area contributed by atoms with Gasteiger partial charge in [0.25, 0.3) is 0 Å². The number of aromatic nitrogens is 1. The molecule has 0 fully saturated rings. The highest BCUT2D eigenvalue weighted by Crippen LogP contribution is 2.29. The van der Waals surface area contributed by atoms with E-state index >= 15 is 0 Å². The fourth-order valence-corrected chi connectivity index (χ4v) is 1.79. The van der Waals surface area contributed by atoms with E-state index in [4.69, 9.17) is 8.94 Å². The van der Waals surface area contributed by atoms with Gasteiger partial charge in [-0.15, -0.1) is 0 Å². The minimum absolute atomic E-state index is 0.738. The van der Waals surface area contributed by atoms with Gasteiger partial charge in [0.15, 0.2) is 17.0 Å². The first-order valence-electron chi connectivity index (χ1n) is 5.16. The number of benzene rings is 1. The maximum Gasteiger partial charge on any atom is 0.167 e. The highest BCUT2D eigenvalue weighted by molar-refractivity contribution is 5.91. The van der Waals surface area contributed by atoms with Crippen molar-refractivity contribution in [3.8, 4) is 11.5 Å². The summed E-state index contributed by atoms with van der Waals surface area (Å²) in [5.74, 6) is 0.738. The lowest BCUT2D eigenvalue weighted by molar-refractivity contribution is 0.454. The molecule has 3 nitrogen and oxygen atoms in total. The average molecular weight is 213 g/mol. The van der Waals surface area contributed by atoms with Crippen LogP contribution in [0.15, 0.2) is 39.5 Å². The Balaban J connectivity index is 2.32. The van der Waals surface area contributed by atoms with Crippen molar-refractivity contribution in [1.29, 1.82) is 0 Å². The zero-order chi connectivity index (χ0) is 11.1. The zero-order valence-corrected chi connectivity index (χ0v) is 9.15. The fourth-order valence-electron chi connectivity index (χ4n) is 1.79. The van der Waals surface area contributed by atoms with Gasteiger partial charge in [-0.25, -0.2) is 0 Å². The Morgan fingerprint density at radius 1 is 1.12 bits per heavy atom. The van der Waals surface area contributed by atoms with Gasteiger partial charge in [0, 0.05) is 0 Å². The van der Waals surface area contributed by atoms with Crippen LogP contribution in [0.5, 0.6) is 0 Å².